The lowest BCUT2D eigenvalue weighted by atomic mass is 10.1. The third-order valence-electron chi connectivity index (χ3n) is 2.99. The predicted molar refractivity (Wildman–Crippen MR) is 78.7 cm³/mol. The molecule has 0 aliphatic carbocycles. The largest absolute Gasteiger partial charge is 0.260 e. The quantitative estimate of drug-likeness (QED) is 0.889. The topological polar surface area (TPSA) is 59.1 Å². The summed E-state index contributed by atoms with van der Waals surface area (Å²) in [7, 11) is -3.48. The Labute approximate surface area is 119 Å². The molecule has 5 heteroatoms. The van der Waals surface area contributed by atoms with E-state index in [1.54, 1.807) is 36.5 Å². The molecular formula is C15H18N2O2S. The van der Waals surface area contributed by atoms with Crippen molar-refractivity contribution >= 4 is 10.0 Å². The standard InChI is InChI=1S/C15H18N2O2S/c1-2-7-13-8-6-11-16-15(13)12-17-20(18,19)14-9-4-3-5-10-14/h3-6,8-11,17H,2,7,12H2,1H3. The van der Waals surface area contributed by atoms with E-state index in [2.05, 4.69) is 16.6 Å². The number of aromatic nitrogens is 1. The van der Waals surface area contributed by atoms with Crippen LogP contribution in [0.1, 0.15) is 24.6 Å². The zero-order chi connectivity index (χ0) is 14.4. The lowest BCUT2D eigenvalue weighted by molar-refractivity contribution is 0.580. The Bertz CT molecular complexity index is 655. The second-order valence-electron chi connectivity index (χ2n) is 4.50. The fourth-order valence-corrected chi connectivity index (χ4v) is 2.98. The summed E-state index contributed by atoms with van der Waals surface area (Å²) in [5, 5.41) is 0. The van der Waals surface area contributed by atoms with Crippen molar-refractivity contribution in [3.63, 3.8) is 0 Å². The molecule has 2 aromatic rings. The zero-order valence-corrected chi connectivity index (χ0v) is 12.2. The number of hydrogen-bond donors (Lipinski definition) is 1. The van der Waals surface area contributed by atoms with E-state index in [4.69, 9.17) is 0 Å². The van der Waals surface area contributed by atoms with Crippen LogP contribution >= 0.6 is 0 Å². The van der Waals surface area contributed by atoms with Crippen LogP contribution in [0.5, 0.6) is 0 Å². The molecule has 106 valence electrons. The number of sulfonamides is 1. The van der Waals surface area contributed by atoms with E-state index in [1.165, 1.54) is 0 Å². The van der Waals surface area contributed by atoms with E-state index >= 15 is 0 Å². The Morgan fingerprint density at radius 2 is 1.85 bits per heavy atom. The molecule has 2 rings (SSSR count). The van der Waals surface area contributed by atoms with Crippen LogP contribution < -0.4 is 4.72 Å². The molecule has 0 aliphatic heterocycles. The number of pyridine rings is 1. The zero-order valence-electron chi connectivity index (χ0n) is 11.4. The van der Waals surface area contributed by atoms with Crippen LogP contribution in [0.25, 0.3) is 0 Å². The highest BCUT2D eigenvalue weighted by Gasteiger charge is 2.14. The third kappa shape index (κ3) is 3.65. The van der Waals surface area contributed by atoms with Crippen molar-refractivity contribution in [3.8, 4) is 0 Å². The number of aryl methyl sites for hydroxylation is 1. The molecule has 20 heavy (non-hydrogen) atoms. The summed E-state index contributed by atoms with van der Waals surface area (Å²) in [6, 6.07) is 12.2. The van der Waals surface area contributed by atoms with Gasteiger partial charge in [-0.1, -0.05) is 37.6 Å². The van der Waals surface area contributed by atoms with Gasteiger partial charge in [0.25, 0.3) is 0 Å². The van der Waals surface area contributed by atoms with Crippen LogP contribution in [0, 0.1) is 0 Å². The van der Waals surface area contributed by atoms with Crippen molar-refractivity contribution < 1.29 is 8.42 Å². The maximum absolute atomic E-state index is 12.1. The van der Waals surface area contributed by atoms with Gasteiger partial charge < -0.3 is 0 Å². The summed E-state index contributed by atoms with van der Waals surface area (Å²) in [6.07, 6.45) is 3.59. The summed E-state index contributed by atoms with van der Waals surface area (Å²) in [4.78, 5) is 4.54. The van der Waals surface area contributed by atoms with Gasteiger partial charge in [0.2, 0.25) is 10.0 Å². The second kappa shape index (κ2) is 6.63. The monoisotopic (exact) mass is 290 g/mol. The number of benzene rings is 1. The Kier molecular flexibility index (Phi) is 4.87. The van der Waals surface area contributed by atoms with Crippen LogP contribution in [0.4, 0.5) is 0 Å². The third-order valence-corrected chi connectivity index (χ3v) is 4.40. The van der Waals surface area contributed by atoms with Gasteiger partial charge in [-0.15, -0.1) is 0 Å². The Morgan fingerprint density at radius 3 is 2.55 bits per heavy atom. The number of nitrogens with one attached hydrogen (secondary N) is 1. The first-order valence-corrected chi connectivity index (χ1v) is 8.09. The minimum absolute atomic E-state index is 0.216. The molecule has 0 fully saturated rings. The number of rotatable bonds is 6. The van der Waals surface area contributed by atoms with Crippen molar-refractivity contribution in [2.75, 3.05) is 0 Å². The molecule has 0 saturated heterocycles. The summed E-state index contributed by atoms with van der Waals surface area (Å²) in [5.74, 6) is 0. The minimum Gasteiger partial charge on any atom is -0.260 e. The van der Waals surface area contributed by atoms with Crippen LogP contribution in [-0.2, 0) is 23.0 Å². The van der Waals surface area contributed by atoms with Gasteiger partial charge in [0.05, 0.1) is 17.1 Å². The first-order chi connectivity index (χ1) is 9.63. The highest BCUT2D eigenvalue weighted by molar-refractivity contribution is 7.89. The van der Waals surface area contributed by atoms with Crippen molar-refractivity contribution in [1.82, 2.24) is 9.71 Å². The summed E-state index contributed by atoms with van der Waals surface area (Å²) in [6.45, 7) is 2.30. The van der Waals surface area contributed by atoms with Crippen LogP contribution in [-0.4, -0.2) is 13.4 Å². The van der Waals surface area contributed by atoms with Gasteiger partial charge in [0.1, 0.15) is 0 Å². The van der Waals surface area contributed by atoms with E-state index in [1.807, 2.05) is 12.1 Å². The van der Waals surface area contributed by atoms with Crippen molar-refractivity contribution in [2.24, 2.45) is 0 Å². The van der Waals surface area contributed by atoms with Gasteiger partial charge >= 0.3 is 0 Å². The molecule has 0 atom stereocenters. The second-order valence-corrected chi connectivity index (χ2v) is 6.26. The van der Waals surface area contributed by atoms with Gasteiger partial charge in [-0.25, -0.2) is 13.1 Å². The van der Waals surface area contributed by atoms with E-state index < -0.39 is 10.0 Å². The van der Waals surface area contributed by atoms with Crippen molar-refractivity contribution in [3.05, 3.63) is 59.9 Å². The first kappa shape index (κ1) is 14.7. The van der Waals surface area contributed by atoms with Crippen molar-refractivity contribution in [1.29, 1.82) is 0 Å². The average Bonchev–Trinajstić information content (AvgIpc) is 2.48. The molecule has 0 radical (unpaired) electrons. The van der Waals surface area contributed by atoms with Crippen molar-refractivity contribution in [2.45, 2.75) is 31.2 Å². The van der Waals surface area contributed by atoms with Gasteiger partial charge in [-0.3, -0.25) is 4.98 Å². The fourth-order valence-electron chi connectivity index (χ4n) is 1.97. The van der Waals surface area contributed by atoms with Gasteiger partial charge in [0.15, 0.2) is 0 Å². The Hall–Kier alpha value is -1.72. The summed E-state index contributed by atoms with van der Waals surface area (Å²) < 4.78 is 26.9. The molecule has 4 nitrogen and oxygen atoms in total. The first-order valence-electron chi connectivity index (χ1n) is 6.61. The van der Waals surface area contributed by atoms with Crippen LogP contribution in [0.2, 0.25) is 0 Å². The molecule has 1 aromatic heterocycles. The molecule has 0 saturated carbocycles. The molecular weight excluding hydrogens is 272 g/mol. The van der Waals surface area contributed by atoms with E-state index in [0.29, 0.717) is 0 Å². The molecule has 1 heterocycles. The maximum atomic E-state index is 12.1. The normalized spacial score (nSPS) is 11.4. The number of nitrogens with zero attached hydrogens (tertiary/aromatic N) is 1. The molecule has 1 N–H and O–H groups in total. The van der Waals surface area contributed by atoms with Gasteiger partial charge in [-0.2, -0.15) is 0 Å². The van der Waals surface area contributed by atoms with Crippen LogP contribution in [0.3, 0.4) is 0 Å². The minimum atomic E-state index is -3.48. The van der Waals surface area contributed by atoms with E-state index in [9.17, 15) is 8.42 Å². The molecule has 0 unspecified atom stereocenters. The SMILES string of the molecule is CCCc1cccnc1CNS(=O)(=O)c1ccccc1. The molecule has 0 spiro atoms. The maximum Gasteiger partial charge on any atom is 0.240 e. The molecule has 0 amide bonds. The highest BCUT2D eigenvalue weighted by Crippen LogP contribution is 2.11. The molecule has 0 aliphatic rings. The predicted octanol–water partition coefficient (Wildman–Crippen LogP) is 2.51. The lowest BCUT2D eigenvalue weighted by Crippen LogP contribution is -2.24. The molecule has 0 bridgehead atoms. The Morgan fingerprint density at radius 1 is 1.10 bits per heavy atom. The lowest BCUT2D eigenvalue weighted by Gasteiger charge is -2.09. The van der Waals surface area contributed by atoms with Gasteiger partial charge in [0, 0.05) is 6.20 Å². The summed E-state index contributed by atoms with van der Waals surface area (Å²) >= 11 is 0. The molecule has 1 aromatic carbocycles. The fraction of sp³-hybridized carbons (Fsp3) is 0.267. The number of hydrogen-bond acceptors (Lipinski definition) is 3. The average molecular weight is 290 g/mol. The summed E-state index contributed by atoms with van der Waals surface area (Å²) in [5.41, 5.74) is 1.87. The van der Waals surface area contributed by atoms with Crippen LogP contribution in [0.15, 0.2) is 53.6 Å². The van der Waals surface area contributed by atoms with E-state index in [-0.39, 0.29) is 11.4 Å². The van der Waals surface area contributed by atoms with Gasteiger partial charge in [-0.05, 0) is 30.2 Å². The smallest absolute Gasteiger partial charge is 0.240 e. The Balaban J connectivity index is 2.13. The highest BCUT2D eigenvalue weighted by atomic mass is 32.2. The van der Waals surface area contributed by atoms with E-state index in [0.717, 1.165) is 24.1 Å².